The summed E-state index contributed by atoms with van der Waals surface area (Å²) in [7, 11) is 0. The lowest BCUT2D eigenvalue weighted by Crippen LogP contribution is -2.46. The molecule has 0 saturated heterocycles. The van der Waals surface area contributed by atoms with Crippen molar-refractivity contribution in [2.24, 2.45) is 5.73 Å². The van der Waals surface area contributed by atoms with Crippen LogP contribution in [-0.2, 0) is 11.0 Å². The van der Waals surface area contributed by atoms with E-state index in [1.54, 1.807) is 17.9 Å². The second kappa shape index (κ2) is 6.91. The van der Waals surface area contributed by atoms with Gasteiger partial charge in [-0.15, -0.1) is 0 Å². The van der Waals surface area contributed by atoms with Gasteiger partial charge >= 0.3 is 6.18 Å². The van der Waals surface area contributed by atoms with E-state index < -0.39 is 23.8 Å². The number of halogens is 3. The third kappa shape index (κ3) is 4.25. The van der Waals surface area contributed by atoms with Gasteiger partial charge in [0, 0.05) is 6.04 Å². The number of hydrogen-bond donors (Lipinski definition) is 1. The minimum atomic E-state index is -4.39. The van der Waals surface area contributed by atoms with Gasteiger partial charge in [0.25, 0.3) is 0 Å². The molecule has 1 aliphatic rings. The molecule has 0 spiro atoms. The highest BCUT2D eigenvalue weighted by Gasteiger charge is 2.38. The minimum Gasteiger partial charge on any atom is -0.332 e. The second-order valence-electron chi connectivity index (χ2n) is 6.17. The van der Waals surface area contributed by atoms with Gasteiger partial charge in [-0.05, 0) is 43.9 Å². The molecule has 1 aromatic rings. The lowest BCUT2D eigenvalue weighted by molar-refractivity contribution is -0.137. The molecule has 1 aromatic carbocycles. The molecule has 6 heteroatoms. The third-order valence-electron chi connectivity index (χ3n) is 4.23. The Kier molecular flexibility index (Phi) is 5.34. The topological polar surface area (TPSA) is 46.3 Å². The van der Waals surface area contributed by atoms with Crippen molar-refractivity contribution >= 4 is 5.91 Å². The van der Waals surface area contributed by atoms with E-state index in [1.165, 1.54) is 6.07 Å². The SMILES string of the molecule is CCCC(N)C(=O)N(C1CC1)C(C)c1cccc(C(F)(F)F)c1. The zero-order valence-electron chi connectivity index (χ0n) is 13.4. The van der Waals surface area contributed by atoms with Crippen molar-refractivity contribution in [3.8, 4) is 0 Å². The molecule has 3 nitrogen and oxygen atoms in total. The van der Waals surface area contributed by atoms with E-state index in [9.17, 15) is 18.0 Å². The van der Waals surface area contributed by atoms with Gasteiger partial charge in [0.15, 0.2) is 0 Å². The predicted molar refractivity (Wildman–Crippen MR) is 82.6 cm³/mol. The molecule has 128 valence electrons. The van der Waals surface area contributed by atoms with Gasteiger partial charge in [-0.2, -0.15) is 13.2 Å². The molecule has 2 unspecified atom stereocenters. The van der Waals surface area contributed by atoms with E-state index in [2.05, 4.69) is 0 Å². The molecule has 1 fully saturated rings. The van der Waals surface area contributed by atoms with Gasteiger partial charge in [0.2, 0.25) is 5.91 Å². The van der Waals surface area contributed by atoms with E-state index in [0.29, 0.717) is 12.0 Å². The van der Waals surface area contributed by atoms with Crippen molar-refractivity contribution in [3.63, 3.8) is 0 Å². The van der Waals surface area contributed by atoms with E-state index in [4.69, 9.17) is 5.73 Å². The summed E-state index contributed by atoms with van der Waals surface area (Å²) in [6.07, 6.45) is -1.24. The van der Waals surface area contributed by atoms with E-state index >= 15 is 0 Å². The number of carbonyl (C=O) groups is 1. The van der Waals surface area contributed by atoms with Crippen molar-refractivity contribution < 1.29 is 18.0 Å². The van der Waals surface area contributed by atoms with Crippen LogP contribution in [0, 0.1) is 0 Å². The summed E-state index contributed by atoms with van der Waals surface area (Å²) in [5, 5.41) is 0. The second-order valence-corrected chi connectivity index (χ2v) is 6.17. The molecule has 0 heterocycles. The van der Waals surface area contributed by atoms with Gasteiger partial charge < -0.3 is 10.6 Å². The number of nitrogens with zero attached hydrogens (tertiary/aromatic N) is 1. The largest absolute Gasteiger partial charge is 0.416 e. The first-order valence-electron chi connectivity index (χ1n) is 8.00. The molecule has 2 atom stereocenters. The van der Waals surface area contributed by atoms with Crippen LogP contribution >= 0.6 is 0 Å². The summed E-state index contributed by atoms with van der Waals surface area (Å²) < 4.78 is 38.7. The molecular formula is C17H23F3N2O. The molecule has 2 N–H and O–H groups in total. The zero-order chi connectivity index (χ0) is 17.2. The van der Waals surface area contributed by atoms with Crippen LogP contribution in [0.4, 0.5) is 13.2 Å². The van der Waals surface area contributed by atoms with Gasteiger partial charge in [-0.25, -0.2) is 0 Å². The van der Waals surface area contributed by atoms with Gasteiger partial charge in [-0.3, -0.25) is 4.79 Å². The summed E-state index contributed by atoms with van der Waals surface area (Å²) in [6.45, 7) is 3.72. The van der Waals surface area contributed by atoms with Crippen molar-refractivity contribution in [1.82, 2.24) is 4.90 Å². The lowest BCUT2D eigenvalue weighted by atomic mass is 10.0. The number of alkyl halides is 3. The fourth-order valence-corrected chi connectivity index (χ4v) is 2.80. The Morgan fingerprint density at radius 2 is 2.04 bits per heavy atom. The summed E-state index contributed by atoms with van der Waals surface area (Å²) >= 11 is 0. The van der Waals surface area contributed by atoms with Crippen molar-refractivity contribution in [2.75, 3.05) is 0 Å². The van der Waals surface area contributed by atoms with Crippen LogP contribution in [0.15, 0.2) is 24.3 Å². The summed E-state index contributed by atoms with van der Waals surface area (Å²) in [5.41, 5.74) is 5.74. The van der Waals surface area contributed by atoms with Crippen LogP contribution in [0.3, 0.4) is 0 Å². The maximum absolute atomic E-state index is 12.9. The van der Waals surface area contributed by atoms with Crippen LogP contribution in [0.1, 0.15) is 56.7 Å². The van der Waals surface area contributed by atoms with Crippen LogP contribution in [-0.4, -0.2) is 22.9 Å². The summed E-state index contributed by atoms with van der Waals surface area (Å²) in [6, 6.07) is 4.27. The number of amides is 1. The molecule has 0 aliphatic heterocycles. The number of nitrogens with two attached hydrogens (primary N) is 1. The standard InChI is InChI=1S/C17H23F3N2O/c1-3-5-15(21)16(23)22(14-8-9-14)11(2)12-6-4-7-13(10-12)17(18,19)20/h4,6-7,10-11,14-15H,3,5,8-9,21H2,1-2H3. The fourth-order valence-electron chi connectivity index (χ4n) is 2.80. The number of rotatable bonds is 6. The summed E-state index contributed by atoms with van der Waals surface area (Å²) in [4.78, 5) is 14.3. The monoisotopic (exact) mass is 328 g/mol. The molecule has 23 heavy (non-hydrogen) atoms. The summed E-state index contributed by atoms with van der Waals surface area (Å²) in [5.74, 6) is -0.167. The van der Waals surface area contributed by atoms with Gasteiger partial charge in [0.05, 0.1) is 17.6 Å². The highest BCUT2D eigenvalue weighted by molar-refractivity contribution is 5.82. The fraction of sp³-hybridized carbons (Fsp3) is 0.588. The zero-order valence-corrected chi connectivity index (χ0v) is 13.4. The van der Waals surface area contributed by atoms with E-state index in [0.717, 1.165) is 31.4 Å². The molecule has 0 bridgehead atoms. The van der Waals surface area contributed by atoms with Crippen molar-refractivity contribution in [1.29, 1.82) is 0 Å². The van der Waals surface area contributed by atoms with E-state index in [-0.39, 0.29) is 11.9 Å². The average molecular weight is 328 g/mol. The van der Waals surface area contributed by atoms with Crippen LogP contribution in [0.25, 0.3) is 0 Å². The Morgan fingerprint density at radius 1 is 1.39 bits per heavy atom. The van der Waals surface area contributed by atoms with Gasteiger partial charge in [0.1, 0.15) is 0 Å². The van der Waals surface area contributed by atoms with Crippen molar-refractivity contribution in [2.45, 2.75) is 63.8 Å². The smallest absolute Gasteiger partial charge is 0.332 e. The normalized spacial score (nSPS) is 17.7. The van der Waals surface area contributed by atoms with Crippen LogP contribution in [0.2, 0.25) is 0 Å². The number of hydrogen-bond acceptors (Lipinski definition) is 2. The Labute approximate surface area is 134 Å². The first-order chi connectivity index (χ1) is 10.8. The third-order valence-corrected chi connectivity index (χ3v) is 4.23. The number of benzene rings is 1. The average Bonchev–Trinajstić information content (AvgIpc) is 3.31. The first-order valence-corrected chi connectivity index (χ1v) is 8.00. The maximum atomic E-state index is 12.9. The molecule has 1 saturated carbocycles. The Hall–Kier alpha value is -1.56. The highest BCUT2D eigenvalue weighted by Crippen LogP contribution is 2.37. The molecule has 1 amide bonds. The predicted octanol–water partition coefficient (Wildman–Crippen LogP) is 3.88. The minimum absolute atomic E-state index is 0.0925. The van der Waals surface area contributed by atoms with Crippen LogP contribution < -0.4 is 5.73 Å². The molecular weight excluding hydrogens is 305 g/mol. The van der Waals surface area contributed by atoms with E-state index in [1.807, 2.05) is 6.92 Å². The van der Waals surface area contributed by atoms with Crippen LogP contribution in [0.5, 0.6) is 0 Å². The Bertz CT molecular complexity index is 555. The van der Waals surface area contributed by atoms with Crippen molar-refractivity contribution in [3.05, 3.63) is 35.4 Å². The molecule has 1 aliphatic carbocycles. The molecule has 0 aromatic heterocycles. The quantitative estimate of drug-likeness (QED) is 0.861. The van der Waals surface area contributed by atoms with Gasteiger partial charge in [-0.1, -0.05) is 25.5 Å². The Morgan fingerprint density at radius 3 is 2.57 bits per heavy atom. The molecule has 2 rings (SSSR count). The maximum Gasteiger partial charge on any atom is 0.416 e. The lowest BCUT2D eigenvalue weighted by Gasteiger charge is -2.32. The first kappa shape index (κ1) is 17.8. The highest BCUT2D eigenvalue weighted by atomic mass is 19.4. The molecule has 0 radical (unpaired) electrons. The Balaban J connectivity index is 2.25. The number of carbonyl (C=O) groups excluding carboxylic acids is 1.